The van der Waals surface area contributed by atoms with E-state index in [4.69, 9.17) is 5.73 Å². The SMILES string of the molecule is CC(C)N(CC1CC1)S(=O)(=O)c1cc(CN)n(C)c1. The van der Waals surface area contributed by atoms with E-state index >= 15 is 0 Å². The molecule has 0 unspecified atom stereocenters. The van der Waals surface area contributed by atoms with Crippen molar-refractivity contribution in [3.05, 3.63) is 18.0 Å². The molecule has 0 spiro atoms. The van der Waals surface area contributed by atoms with E-state index in [9.17, 15) is 8.42 Å². The van der Waals surface area contributed by atoms with E-state index in [0.29, 0.717) is 23.9 Å². The number of nitrogens with zero attached hydrogens (tertiary/aromatic N) is 2. The highest BCUT2D eigenvalue weighted by molar-refractivity contribution is 7.89. The monoisotopic (exact) mass is 285 g/mol. The van der Waals surface area contributed by atoms with E-state index in [-0.39, 0.29) is 6.04 Å². The van der Waals surface area contributed by atoms with Gasteiger partial charge in [0.1, 0.15) is 4.90 Å². The van der Waals surface area contributed by atoms with Crippen LogP contribution < -0.4 is 5.73 Å². The van der Waals surface area contributed by atoms with Crippen molar-refractivity contribution in [2.45, 2.75) is 44.2 Å². The van der Waals surface area contributed by atoms with Crippen LogP contribution in [0.1, 0.15) is 32.4 Å². The highest BCUT2D eigenvalue weighted by Gasteiger charge is 2.33. The van der Waals surface area contributed by atoms with Crippen LogP contribution in [0.3, 0.4) is 0 Å². The summed E-state index contributed by atoms with van der Waals surface area (Å²) in [5.41, 5.74) is 6.43. The molecule has 1 aromatic rings. The maximum atomic E-state index is 12.7. The molecule has 1 heterocycles. The lowest BCUT2D eigenvalue weighted by atomic mass is 10.3. The molecule has 6 heteroatoms. The smallest absolute Gasteiger partial charge is 0.244 e. The Morgan fingerprint density at radius 2 is 2.11 bits per heavy atom. The van der Waals surface area contributed by atoms with Gasteiger partial charge in [0.05, 0.1) is 0 Å². The van der Waals surface area contributed by atoms with Crippen LogP contribution in [0.5, 0.6) is 0 Å². The van der Waals surface area contributed by atoms with Crippen LogP contribution in [-0.4, -0.2) is 29.9 Å². The van der Waals surface area contributed by atoms with Crippen LogP contribution >= 0.6 is 0 Å². The van der Waals surface area contributed by atoms with Crippen molar-refractivity contribution in [1.82, 2.24) is 8.87 Å². The van der Waals surface area contributed by atoms with Crippen molar-refractivity contribution >= 4 is 10.0 Å². The zero-order valence-electron chi connectivity index (χ0n) is 11.8. The van der Waals surface area contributed by atoms with Gasteiger partial charge < -0.3 is 10.3 Å². The Kier molecular flexibility index (Phi) is 4.03. The number of aryl methyl sites for hydroxylation is 1. The van der Waals surface area contributed by atoms with Gasteiger partial charge in [0.15, 0.2) is 0 Å². The largest absolute Gasteiger partial charge is 0.352 e. The van der Waals surface area contributed by atoms with Gasteiger partial charge in [-0.15, -0.1) is 0 Å². The minimum Gasteiger partial charge on any atom is -0.352 e. The zero-order chi connectivity index (χ0) is 14.2. The van der Waals surface area contributed by atoms with Crippen LogP contribution in [0, 0.1) is 5.92 Å². The van der Waals surface area contributed by atoms with Gasteiger partial charge in [-0.25, -0.2) is 8.42 Å². The summed E-state index contributed by atoms with van der Waals surface area (Å²) in [6.07, 6.45) is 3.93. The lowest BCUT2D eigenvalue weighted by Crippen LogP contribution is -2.38. The number of aromatic nitrogens is 1. The Morgan fingerprint density at radius 1 is 1.47 bits per heavy atom. The second-order valence-electron chi connectivity index (χ2n) is 5.59. The normalized spacial score (nSPS) is 16.5. The lowest BCUT2D eigenvalue weighted by molar-refractivity contribution is 0.341. The number of hydrogen-bond donors (Lipinski definition) is 1. The third-order valence-corrected chi connectivity index (χ3v) is 5.62. The van der Waals surface area contributed by atoms with Crippen molar-refractivity contribution < 1.29 is 8.42 Å². The van der Waals surface area contributed by atoms with Gasteiger partial charge in [-0.05, 0) is 38.7 Å². The molecule has 0 radical (unpaired) electrons. The van der Waals surface area contributed by atoms with E-state index in [2.05, 4.69) is 0 Å². The van der Waals surface area contributed by atoms with Crippen LogP contribution in [-0.2, 0) is 23.6 Å². The molecule has 1 fully saturated rings. The molecule has 0 atom stereocenters. The molecule has 1 aliphatic carbocycles. The van der Waals surface area contributed by atoms with Gasteiger partial charge >= 0.3 is 0 Å². The molecule has 0 aliphatic heterocycles. The fourth-order valence-corrected chi connectivity index (χ4v) is 4.01. The summed E-state index contributed by atoms with van der Waals surface area (Å²) in [7, 11) is -1.59. The molecule has 19 heavy (non-hydrogen) atoms. The molecular formula is C13H23N3O2S. The fraction of sp³-hybridized carbons (Fsp3) is 0.692. The third kappa shape index (κ3) is 3.01. The van der Waals surface area contributed by atoms with Crippen molar-refractivity contribution in [3.63, 3.8) is 0 Å². The van der Waals surface area contributed by atoms with E-state index in [1.54, 1.807) is 21.1 Å². The Hall–Kier alpha value is -0.850. The van der Waals surface area contributed by atoms with Crippen LogP contribution in [0.15, 0.2) is 17.2 Å². The first-order chi connectivity index (χ1) is 8.86. The number of hydrogen-bond acceptors (Lipinski definition) is 3. The second kappa shape index (κ2) is 5.26. The molecule has 108 valence electrons. The molecule has 1 aliphatic rings. The highest BCUT2D eigenvalue weighted by Crippen LogP contribution is 2.32. The predicted molar refractivity (Wildman–Crippen MR) is 75.1 cm³/mol. The number of nitrogens with two attached hydrogens (primary N) is 1. The van der Waals surface area contributed by atoms with Crippen molar-refractivity contribution in [2.24, 2.45) is 18.7 Å². The number of sulfonamides is 1. The van der Waals surface area contributed by atoms with Gasteiger partial charge in [0.2, 0.25) is 10.0 Å². The molecule has 5 nitrogen and oxygen atoms in total. The molecule has 0 bridgehead atoms. The molecule has 1 aromatic heterocycles. The highest BCUT2D eigenvalue weighted by atomic mass is 32.2. The summed E-state index contributed by atoms with van der Waals surface area (Å²) in [5, 5.41) is 0. The van der Waals surface area contributed by atoms with E-state index in [1.807, 2.05) is 20.9 Å². The first-order valence-electron chi connectivity index (χ1n) is 6.73. The summed E-state index contributed by atoms with van der Waals surface area (Å²) in [5.74, 6) is 0.537. The van der Waals surface area contributed by atoms with Crippen molar-refractivity contribution in [2.75, 3.05) is 6.54 Å². The summed E-state index contributed by atoms with van der Waals surface area (Å²) in [6.45, 7) is 4.82. The molecular weight excluding hydrogens is 262 g/mol. The molecule has 0 aromatic carbocycles. The van der Waals surface area contributed by atoms with Crippen molar-refractivity contribution in [1.29, 1.82) is 0 Å². The summed E-state index contributed by atoms with van der Waals surface area (Å²) in [4.78, 5) is 0.352. The van der Waals surface area contributed by atoms with E-state index in [1.165, 1.54) is 0 Å². The topological polar surface area (TPSA) is 68.3 Å². The first kappa shape index (κ1) is 14.6. The third-order valence-electron chi connectivity index (χ3n) is 3.61. The van der Waals surface area contributed by atoms with Gasteiger partial charge in [-0.2, -0.15) is 4.31 Å². The maximum absolute atomic E-state index is 12.7. The zero-order valence-corrected chi connectivity index (χ0v) is 12.7. The summed E-state index contributed by atoms with van der Waals surface area (Å²) in [6, 6.07) is 1.66. The Bertz CT molecular complexity index is 544. The predicted octanol–water partition coefficient (Wildman–Crippen LogP) is 1.29. The lowest BCUT2D eigenvalue weighted by Gasteiger charge is -2.25. The Morgan fingerprint density at radius 3 is 2.53 bits per heavy atom. The Balaban J connectivity index is 2.31. The van der Waals surface area contributed by atoms with E-state index in [0.717, 1.165) is 18.5 Å². The number of rotatable bonds is 6. The van der Waals surface area contributed by atoms with E-state index < -0.39 is 10.0 Å². The second-order valence-corrected chi connectivity index (χ2v) is 7.48. The van der Waals surface area contributed by atoms with Gasteiger partial charge in [0, 0.05) is 38.1 Å². The molecule has 2 N–H and O–H groups in total. The van der Waals surface area contributed by atoms with Gasteiger partial charge in [0.25, 0.3) is 0 Å². The standard InChI is InChI=1S/C13H23N3O2S/c1-10(2)16(8-11-4-5-11)19(17,18)13-6-12(7-14)15(3)9-13/h6,9-11H,4-5,7-8,14H2,1-3H3. The maximum Gasteiger partial charge on any atom is 0.244 e. The van der Waals surface area contributed by atoms with Crippen molar-refractivity contribution in [3.8, 4) is 0 Å². The minimum absolute atomic E-state index is 0.0212. The van der Waals surface area contributed by atoms with Crippen LogP contribution in [0.2, 0.25) is 0 Å². The summed E-state index contributed by atoms with van der Waals surface area (Å²) >= 11 is 0. The molecule has 0 saturated heterocycles. The summed E-state index contributed by atoms with van der Waals surface area (Å²) < 4.78 is 28.8. The average Bonchev–Trinajstić information content (AvgIpc) is 3.07. The average molecular weight is 285 g/mol. The molecule has 1 saturated carbocycles. The Labute approximate surface area is 115 Å². The fourth-order valence-electron chi connectivity index (χ4n) is 2.20. The molecule has 2 rings (SSSR count). The first-order valence-corrected chi connectivity index (χ1v) is 8.17. The van der Waals surface area contributed by atoms with Gasteiger partial charge in [-0.1, -0.05) is 0 Å². The van der Waals surface area contributed by atoms with Gasteiger partial charge in [-0.3, -0.25) is 0 Å². The quantitative estimate of drug-likeness (QED) is 0.856. The molecule has 0 amide bonds. The van der Waals surface area contributed by atoms with Crippen LogP contribution in [0.4, 0.5) is 0 Å². The van der Waals surface area contributed by atoms with Crippen LogP contribution in [0.25, 0.3) is 0 Å². The minimum atomic E-state index is -3.41.